The average molecular weight is 314 g/mol. The number of hydrogen-bond donors (Lipinski definition) is 4. The monoisotopic (exact) mass is 314 g/mol. The number of aliphatic hydroxyl groups is 4. The summed E-state index contributed by atoms with van der Waals surface area (Å²) in [5.74, 6) is 0.115. The van der Waals surface area contributed by atoms with Crippen LogP contribution in [0, 0.1) is 0 Å². The van der Waals surface area contributed by atoms with Gasteiger partial charge in [-0.2, -0.15) is 0 Å². The quantitative estimate of drug-likeness (QED) is 0.420. The Morgan fingerprint density at radius 3 is 2.18 bits per heavy atom. The van der Waals surface area contributed by atoms with Crippen molar-refractivity contribution in [2.24, 2.45) is 0 Å². The highest BCUT2D eigenvalue weighted by Crippen LogP contribution is 2.14. The molecule has 1 rings (SSSR count). The van der Waals surface area contributed by atoms with Gasteiger partial charge in [0, 0.05) is 6.42 Å². The lowest BCUT2D eigenvalue weighted by Crippen LogP contribution is -2.22. The number of ether oxygens (including phenoxy) is 2. The number of aryl methyl sites for hydroxylation is 1. The maximum atomic E-state index is 11.4. The predicted octanol–water partition coefficient (Wildman–Crippen LogP) is -0.752. The minimum Gasteiger partial charge on any atom is -0.491 e. The van der Waals surface area contributed by atoms with Gasteiger partial charge in [-0.3, -0.25) is 4.79 Å². The van der Waals surface area contributed by atoms with E-state index < -0.39 is 24.8 Å². The van der Waals surface area contributed by atoms with Gasteiger partial charge in [0.25, 0.3) is 0 Å². The highest BCUT2D eigenvalue weighted by atomic mass is 16.5. The Morgan fingerprint density at radius 2 is 1.59 bits per heavy atom. The van der Waals surface area contributed by atoms with E-state index in [2.05, 4.69) is 0 Å². The lowest BCUT2D eigenvalue weighted by atomic mass is 10.1. The van der Waals surface area contributed by atoms with Crippen LogP contribution in [0.5, 0.6) is 5.75 Å². The van der Waals surface area contributed by atoms with Gasteiger partial charge in [-0.25, -0.2) is 0 Å². The van der Waals surface area contributed by atoms with E-state index in [-0.39, 0.29) is 26.2 Å². The standard InChI is InChI=1S/C15H22O7/c16-7-12(18)9-21-14-4-1-11(2-5-14)3-6-15(20)22-10-13(19)8-17/h1-2,4-5,12-13,16-19H,3,6-10H2/t12-,13-/m0/s1. The van der Waals surface area contributed by atoms with Crippen molar-refractivity contribution in [2.45, 2.75) is 25.0 Å². The van der Waals surface area contributed by atoms with E-state index in [0.29, 0.717) is 12.2 Å². The molecule has 0 saturated heterocycles. The minimum absolute atomic E-state index is 0.00928. The molecule has 4 N–H and O–H groups in total. The molecule has 7 nitrogen and oxygen atoms in total. The van der Waals surface area contributed by atoms with E-state index in [4.69, 9.17) is 29.9 Å². The number of aliphatic hydroxyl groups excluding tert-OH is 4. The van der Waals surface area contributed by atoms with Gasteiger partial charge < -0.3 is 29.9 Å². The topological polar surface area (TPSA) is 116 Å². The van der Waals surface area contributed by atoms with E-state index in [1.54, 1.807) is 24.3 Å². The molecule has 0 fully saturated rings. The Bertz CT molecular complexity index is 432. The molecule has 0 heterocycles. The molecule has 0 unspecified atom stereocenters. The van der Waals surface area contributed by atoms with Crippen LogP contribution in [0.2, 0.25) is 0 Å². The molecule has 0 saturated carbocycles. The second-order valence-electron chi connectivity index (χ2n) is 4.81. The Hall–Kier alpha value is -1.67. The third-order valence-corrected chi connectivity index (χ3v) is 2.84. The first kappa shape index (κ1) is 18.4. The molecule has 0 bridgehead atoms. The summed E-state index contributed by atoms with van der Waals surface area (Å²) in [7, 11) is 0. The lowest BCUT2D eigenvalue weighted by molar-refractivity contribution is -0.147. The molecular formula is C15H22O7. The van der Waals surface area contributed by atoms with Crippen LogP contribution < -0.4 is 4.74 Å². The van der Waals surface area contributed by atoms with Gasteiger partial charge in [-0.15, -0.1) is 0 Å². The average Bonchev–Trinajstić information content (AvgIpc) is 2.56. The van der Waals surface area contributed by atoms with E-state index in [0.717, 1.165) is 5.56 Å². The number of carbonyl (C=O) groups is 1. The molecule has 0 radical (unpaired) electrons. The van der Waals surface area contributed by atoms with Gasteiger partial charge >= 0.3 is 5.97 Å². The molecular weight excluding hydrogens is 292 g/mol. The maximum absolute atomic E-state index is 11.4. The van der Waals surface area contributed by atoms with Crippen molar-refractivity contribution in [3.8, 4) is 5.75 Å². The minimum atomic E-state index is -1.05. The van der Waals surface area contributed by atoms with E-state index in [1.807, 2.05) is 0 Å². The summed E-state index contributed by atoms with van der Waals surface area (Å²) < 4.78 is 10.1. The van der Waals surface area contributed by atoms with Crippen LogP contribution in [0.25, 0.3) is 0 Å². The smallest absolute Gasteiger partial charge is 0.306 e. The molecule has 0 aliphatic carbocycles. The van der Waals surface area contributed by atoms with Crippen LogP contribution in [-0.2, 0) is 16.0 Å². The summed E-state index contributed by atoms with van der Waals surface area (Å²) in [5.41, 5.74) is 0.912. The first-order valence-electron chi connectivity index (χ1n) is 7.00. The predicted molar refractivity (Wildman–Crippen MR) is 77.4 cm³/mol. The van der Waals surface area contributed by atoms with Gasteiger partial charge in [-0.1, -0.05) is 12.1 Å². The normalized spacial score (nSPS) is 13.5. The van der Waals surface area contributed by atoms with Crippen LogP contribution in [0.15, 0.2) is 24.3 Å². The molecule has 2 atom stereocenters. The number of carbonyl (C=O) groups excluding carboxylic acids is 1. The zero-order valence-corrected chi connectivity index (χ0v) is 12.2. The van der Waals surface area contributed by atoms with Crippen molar-refractivity contribution in [3.05, 3.63) is 29.8 Å². The molecule has 124 valence electrons. The first-order valence-corrected chi connectivity index (χ1v) is 7.00. The van der Waals surface area contributed by atoms with Crippen molar-refractivity contribution < 1.29 is 34.7 Å². The lowest BCUT2D eigenvalue weighted by Gasteiger charge is -2.10. The number of benzene rings is 1. The number of esters is 1. The Kier molecular flexibility index (Phi) is 8.46. The third-order valence-electron chi connectivity index (χ3n) is 2.84. The van der Waals surface area contributed by atoms with Crippen molar-refractivity contribution >= 4 is 5.97 Å². The fourth-order valence-electron chi connectivity index (χ4n) is 1.56. The Balaban J connectivity index is 2.30. The van der Waals surface area contributed by atoms with Crippen molar-refractivity contribution in [2.75, 3.05) is 26.4 Å². The highest BCUT2D eigenvalue weighted by molar-refractivity contribution is 5.69. The molecule has 1 aromatic carbocycles. The summed E-state index contributed by atoms with van der Waals surface area (Å²) in [6.07, 6.45) is -1.31. The summed E-state index contributed by atoms with van der Waals surface area (Å²) in [4.78, 5) is 11.4. The molecule has 7 heteroatoms. The molecule has 0 spiro atoms. The van der Waals surface area contributed by atoms with Crippen LogP contribution in [0.4, 0.5) is 0 Å². The molecule has 22 heavy (non-hydrogen) atoms. The summed E-state index contributed by atoms with van der Waals surface area (Å²) in [6, 6.07) is 6.99. The fourth-order valence-corrected chi connectivity index (χ4v) is 1.56. The van der Waals surface area contributed by atoms with E-state index >= 15 is 0 Å². The van der Waals surface area contributed by atoms with Gasteiger partial charge in [-0.05, 0) is 24.1 Å². The Morgan fingerprint density at radius 1 is 1.00 bits per heavy atom. The summed E-state index contributed by atoms with van der Waals surface area (Å²) >= 11 is 0. The van der Waals surface area contributed by atoms with Gasteiger partial charge in [0.15, 0.2) is 0 Å². The molecule has 0 aliphatic heterocycles. The van der Waals surface area contributed by atoms with E-state index in [1.165, 1.54) is 0 Å². The second-order valence-corrected chi connectivity index (χ2v) is 4.81. The SMILES string of the molecule is O=C(CCc1ccc(OC[C@@H](O)CO)cc1)OC[C@@H](O)CO. The Labute approximate surface area is 128 Å². The van der Waals surface area contributed by atoms with Crippen LogP contribution in [0.1, 0.15) is 12.0 Å². The zero-order valence-electron chi connectivity index (χ0n) is 12.2. The third kappa shape index (κ3) is 7.37. The maximum Gasteiger partial charge on any atom is 0.306 e. The van der Waals surface area contributed by atoms with Gasteiger partial charge in [0.1, 0.15) is 31.2 Å². The summed E-state index contributed by atoms with van der Waals surface area (Å²) in [5, 5.41) is 35.5. The molecule has 0 aliphatic rings. The fraction of sp³-hybridized carbons (Fsp3) is 0.533. The molecule has 0 amide bonds. The van der Waals surface area contributed by atoms with Gasteiger partial charge in [0.05, 0.1) is 13.2 Å². The van der Waals surface area contributed by atoms with Crippen molar-refractivity contribution in [1.82, 2.24) is 0 Å². The summed E-state index contributed by atoms with van der Waals surface area (Å²) in [6.45, 7) is -1.00. The van der Waals surface area contributed by atoms with Crippen molar-refractivity contribution in [3.63, 3.8) is 0 Å². The van der Waals surface area contributed by atoms with E-state index in [9.17, 15) is 4.79 Å². The molecule has 0 aromatic heterocycles. The highest BCUT2D eigenvalue weighted by Gasteiger charge is 2.08. The number of hydrogen-bond acceptors (Lipinski definition) is 7. The van der Waals surface area contributed by atoms with Crippen molar-refractivity contribution in [1.29, 1.82) is 0 Å². The van der Waals surface area contributed by atoms with Crippen LogP contribution in [0.3, 0.4) is 0 Å². The first-order chi connectivity index (χ1) is 10.5. The zero-order chi connectivity index (χ0) is 16.4. The van der Waals surface area contributed by atoms with Crippen LogP contribution >= 0.6 is 0 Å². The largest absolute Gasteiger partial charge is 0.491 e. The van der Waals surface area contributed by atoms with Gasteiger partial charge in [0.2, 0.25) is 0 Å². The number of rotatable bonds is 10. The van der Waals surface area contributed by atoms with Crippen LogP contribution in [-0.4, -0.2) is 65.0 Å². The molecule has 1 aromatic rings. The second kappa shape index (κ2) is 10.1.